The number of aromatic nitrogens is 2. The lowest BCUT2D eigenvalue weighted by molar-refractivity contribution is 0.398. The van der Waals surface area contributed by atoms with E-state index in [-0.39, 0.29) is 23.0 Å². The number of anilines is 2. The molecule has 158 valence electrons. The van der Waals surface area contributed by atoms with Crippen molar-refractivity contribution >= 4 is 26.7 Å². The third-order valence-corrected chi connectivity index (χ3v) is 4.71. The lowest BCUT2D eigenvalue weighted by Crippen LogP contribution is -2.13. The van der Waals surface area contributed by atoms with Gasteiger partial charge in [0.2, 0.25) is 5.88 Å². The van der Waals surface area contributed by atoms with Crippen LogP contribution >= 0.6 is 0 Å². The highest BCUT2D eigenvalue weighted by atomic mass is 32.2. The molecule has 10 heteroatoms. The number of nitrogens with one attached hydrogen (secondary N) is 1. The van der Waals surface area contributed by atoms with E-state index >= 15 is 0 Å². The predicted molar refractivity (Wildman–Crippen MR) is 114 cm³/mol. The molecule has 2 aromatic heterocycles. The van der Waals surface area contributed by atoms with Crippen molar-refractivity contribution in [2.24, 2.45) is 5.14 Å². The summed E-state index contributed by atoms with van der Waals surface area (Å²) in [5.41, 5.74) is 1.06. The highest BCUT2D eigenvalue weighted by Crippen LogP contribution is 2.33. The number of ether oxygens (including phenoxy) is 2. The number of nitrogens with two attached hydrogens (primary N) is 1. The van der Waals surface area contributed by atoms with Gasteiger partial charge < -0.3 is 14.8 Å². The highest BCUT2D eigenvalue weighted by Gasteiger charge is 2.14. The number of halogens is 2. The van der Waals surface area contributed by atoms with E-state index in [1.165, 1.54) is 50.1 Å². The van der Waals surface area contributed by atoms with Crippen LogP contribution in [-0.4, -0.2) is 40.0 Å². The third-order valence-electron chi connectivity index (χ3n) is 3.97. The van der Waals surface area contributed by atoms with Gasteiger partial charge >= 0.3 is 0 Å². The predicted octanol–water partition coefficient (Wildman–Crippen LogP) is 3.12. The number of pyridine rings is 2. The van der Waals surface area contributed by atoms with Crippen molar-refractivity contribution in [3.8, 4) is 22.8 Å². The van der Waals surface area contributed by atoms with Crippen LogP contribution in [0, 0.1) is 11.6 Å². The SMILES string of the molecule is COc1cc(C=S(C)(N)=O)cc(Nc2cc(-c3ccc(F)cc3OC)c(F)cn2)n1. The fourth-order valence-electron chi connectivity index (χ4n) is 2.76. The van der Waals surface area contributed by atoms with Crippen molar-refractivity contribution in [2.45, 2.75) is 0 Å². The van der Waals surface area contributed by atoms with E-state index < -0.39 is 21.3 Å². The van der Waals surface area contributed by atoms with Gasteiger partial charge in [0, 0.05) is 44.6 Å². The number of methoxy groups -OCH3 is 2. The van der Waals surface area contributed by atoms with Gasteiger partial charge in [0.15, 0.2) is 0 Å². The summed E-state index contributed by atoms with van der Waals surface area (Å²) >= 11 is 0. The molecule has 0 fully saturated rings. The molecule has 1 unspecified atom stereocenters. The zero-order chi connectivity index (χ0) is 21.9. The van der Waals surface area contributed by atoms with Gasteiger partial charge in [-0.15, -0.1) is 0 Å². The molecular formula is C20H20F2N4O3S. The van der Waals surface area contributed by atoms with Crippen molar-refractivity contribution in [2.75, 3.05) is 25.8 Å². The van der Waals surface area contributed by atoms with Crippen molar-refractivity contribution < 1.29 is 22.5 Å². The fraction of sp³-hybridized carbons (Fsp3) is 0.150. The van der Waals surface area contributed by atoms with Gasteiger partial charge in [0.1, 0.15) is 29.0 Å². The molecule has 3 N–H and O–H groups in total. The summed E-state index contributed by atoms with van der Waals surface area (Å²) in [6.07, 6.45) is 2.43. The van der Waals surface area contributed by atoms with Crippen molar-refractivity contribution in [3.05, 3.63) is 59.8 Å². The minimum Gasteiger partial charge on any atom is -0.496 e. The van der Waals surface area contributed by atoms with Gasteiger partial charge in [-0.25, -0.2) is 13.8 Å². The van der Waals surface area contributed by atoms with E-state index in [1.807, 2.05) is 0 Å². The Bertz CT molecular complexity index is 1200. The summed E-state index contributed by atoms with van der Waals surface area (Å²) in [5.74, 6) is -0.0671. The van der Waals surface area contributed by atoms with E-state index in [0.717, 1.165) is 6.20 Å². The summed E-state index contributed by atoms with van der Waals surface area (Å²) < 4.78 is 50.2. The lowest BCUT2D eigenvalue weighted by atomic mass is 10.0. The summed E-state index contributed by atoms with van der Waals surface area (Å²) in [5, 5.41) is 9.95. The molecule has 0 amide bonds. The molecule has 1 atom stereocenters. The smallest absolute Gasteiger partial charge is 0.215 e. The van der Waals surface area contributed by atoms with Crippen LogP contribution in [0.1, 0.15) is 5.56 Å². The molecular weight excluding hydrogens is 414 g/mol. The van der Waals surface area contributed by atoms with Gasteiger partial charge in [0.25, 0.3) is 0 Å². The Hall–Kier alpha value is -3.24. The summed E-state index contributed by atoms with van der Waals surface area (Å²) in [6, 6.07) is 8.43. The fourth-order valence-corrected chi connectivity index (χ4v) is 3.44. The molecule has 30 heavy (non-hydrogen) atoms. The second-order valence-electron chi connectivity index (χ2n) is 6.43. The molecule has 0 saturated heterocycles. The normalized spacial score (nSPS) is 12.7. The maximum atomic E-state index is 14.5. The minimum atomic E-state index is -2.65. The summed E-state index contributed by atoms with van der Waals surface area (Å²) in [6.45, 7) is 0. The second-order valence-corrected chi connectivity index (χ2v) is 8.60. The third kappa shape index (κ3) is 5.22. The van der Waals surface area contributed by atoms with Gasteiger partial charge in [-0.1, -0.05) is 0 Å². The van der Waals surface area contributed by atoms with Crippen molar-refractivity contribution in [3.63, 3.8) is 0 Å². The standard InChI is InChI=1S/C20H20F2N4O3S/c1-28-17-8-13(21)4-5-14(17)15-9-18(24-10-16(15)22)25-19-6-12(11-30(3,23)27)7-20(26-19)29-2/h4-11H,1-3H3,(H2,23,27)(H,24,25,26). The van der Waals surface area contributed by atoms with Gasteiger partial charge in [-0.05, 0) is 29.8 Å². The first-order valence-corrected chi connectivity index (χ1v) is 10.7. The quantitative estimate of drug-likeness (QED) is 0.579. The minimum absolute atomic E-state index is 0.164. The van der Waals surface area contributed by atoms with E-state index in [0.29, 0.717) is 16.9 Å². The Morgan fingerprint density at radius 1 is 1.07 bits per heavy atom. The Kier molecular flexibility index (Phi) is 6.18. The Morgan fingerprint density at radius 2 is 1.83 bits per heavy atom. The first-order valence-electron chi connectivity index (χ1n) is 8.63. The maximum Gasteiger partial charge on any atom is 0.215 e. The van der Waals surface area contributed by atoms with E-state index in [2.05, 4.69) is 15.3 Å². The van der Waals surface area contributed by atoms with Crippen LogP contribution in [0.3, 0.4) is 0 Å². The van der Waals surface area contributed by atoms with Crippen LogP contribution in [-0.2, 0) is 9.71 Å². The zero-order valence-corrected chi connectivity index (χ0v) is 17.3. The lowest BCUT2D eigenvalue weighted by Gasteiger charge is -2.12. The first kappa shape index (κ1) is 21.5. The molecule has 0 aliphatic carbocycles. The molecule has 0 aliphatic rings. The van der Waals surface area contributed by atoms with Gasteiger partial charge in [-0.2, -0.15) is 4.98 Å². The largest absolute Gasteiger partial charge is 0.496 e. The van der Waals surface area contributed by atoms with Crippen LogP contribution < -0.4 is 19.9 Å². The Balaban J connectivity index is 2.02. The number of nitrogens with zero attached hydrogens (tertiary/aromatic N) is 2. The number of hydrogen-bond donors (Lipinski definition) is 2. The first-order chi connectivity index (χ1) is 14.2. The molecule has 2 heterocycles. The molecule has 0 spiro atoms. The average Bonchev–Trinajstić information content (AvgIpc) is 2.68. The molecule has 3 aromatic rings. The van der Waals surface area contributed by atoms with E-state index in [4.69, 9.17) is 14.6 Å². The van der Waals surface area contributed by atoms with Crippen LogP contribution in [0.2, 0.25) is 0 Å². The summed E-state index contributed by atoms with van der Waals surface area (Å²) in [4.78, 5) is 8.27. The summed E-state index contributed by atoms with van der Waals surface area (Å²) in [7, 11) is 0.167. The molecule has 0 aliphatic heterocycles. The number of benzene rings is 1. The molecule has 1 aromatic carbocycles. The zero-order valence-electron chi connectivity index (χ0n) is 16.5. The van der Waals surface area contributed by atoms with Crippen LogP contribution in [0.5, 0.6) is 11.6 Å². The molecule has 0 radical (unpaired) electrons. The van der Waals surface area contributed by atoms with E-state index in [1.54, 1.807) is 12.1 Å². The molecule has 3 rings (SSSR count). The molecule has 0 bridgehead atoms. The highest BCUT2D eigenvalue weighted by molar-refractivity contribution is 7.98. The number of rotatable bonds is 6. The molecule has 0 saturated carbocycles. The monoisotopic (exact) mass is 434 g/mol. The molecule has 7 nitrogen and oxygen atoms in total. The van der Waals surface area contributed by atoms with Crippen molar-refractivity contribution in [1.82, 2.24) is 9.97 Å². The maximum absolute atomic E-state index is 14.5. The van der Waals surface area contributed by atoms with Gasteiger partial charge in [0.05, 0.1) is 20.4 Å². The average molecular weight is 434 g/mol. The van der Waals surface area contributed by atoms with Crippen LogP contribution in [0.25, 0.3) is 11.1 Å². The Labute approximate surface area is 173 Å². The second kappa shape index (κ2) is 8.64. The topological polar surface area (TPSA) is 99.4 Å². The Morgan fingerprint density at radius 3 is 2.50 bits per heavy atom. The van der Waals surface area contributed by atoms with Crippen LogP contribution in [0.4, 0.5) is 20.4 Å². The van der Waals surface area contributed by atoms with Crippen LogP contribution in [0.15, 0.2) is 42.6 Å². The van der Waals surface area contributed by atoms with E-state index in [9.17, 15) is 13.0 Å². The van der Waals surface area contributed by atoms with Crippen molar-refractivity contribution in [1.29, 1.82) is 0 Å². The van der Waals surface area contributed by atoms with Gasteiger partial charge in [-0.3, -0.25) is 9.35 Å². The number of hydrogen-bond acceptors (Lipinski definition) is 6.